The van der Waals surface area contributed by atoms with Gasteiger partial charge in [-0.2, -0.15) is 0 Å². The average Bonchev–Trinajstić information content (AvgIpc) is 2.54. The van der Waals surface area contributed by atoms with Gasteiger partial charge in [0.2, 0.25) is 0 Å². The number of hydrogen-bond acceptors (Lipinski definition) is 5. The van der Waals surface area contributed by atoms with Crippen LogP contribution in [0.5, 0.6) is 0 Å². The first kappa shape index (κ1) is 12.3. The molecule has 1 N–H and O–H groups in total. The van der Waals surface area contributed by atoms with Crippen LogP contribution in [0.2, 0.25) is 0 Å². The van der Waals surface area contributed by atoms with Crippen molar-refractivity contribution in [3.05, 3.63) is 17.6 Å². The maximum absolute atomic E-state index is 11.3. The lowest BCUT2D eigenvalue weighted by atomic mass is 10.1. The molecule has 1 unspecified atom stereocenters. The summed E-state index contributed by atoms with van der Waals surface area (Å²) in [5, 5.41) is 3.19. The Balaban J connectivity index is 1.94. The molecule has 94 valence electrons. The third-order valence-corrected chi connectivity index (χ3v) is 4.70. The molecular weight excluding hydrogens is 238 g/mol. The van der Waals surface area contributed by atoms with Crippen molar-refractivity contribution in [3.8, 4) is 0 Å². The third kappa shape index (κ3) is 3.39. The van der Waals surface area contributed by atoms with E-state index in [2.05, 4.69) is 15.3 Å². The molecule has 6 heteroatoms. The van der Waals surface area contributed by atoms with Crippen molar-refractivity contribution >= 4 is 15.7 Å². The van der Waals surface area contributed by atoms with E-state index >= 15 is 0 Å². The Bertz CT molecular complexity index is 493. The molecule has 1 saturated heterocycles. The first-order valence-corrected chi connectivity index (χ1v) is 7.53. The zero-order chi connectivity index (χ0) is 12.5. The van der Waals surface area contributed by atoms with Crippen LogP contribution in [-0.4, -0.2) is 36.4 Å². The van der Waals surface area contributed by atoms with Gasteiger partial charge in [0, 0.05) is 18.3 Å². The molecule has 1 aliphatic rings. The fraction of sp³-hybridized carbons (Fsp3) is 0.636. The Morgan fingerprint density at radius 1 is 1.41 bits per heavy atom. The van der Waals surface area contributed by atoms with Crippen LogP contribution in [-0.2, 0) is 9.84 Å². The molecule has 0 aromatic carbocycles. The second kappa shape index (κ2) is 4.60. The van der Waals surface area contributed by atoms with Gasteiger partial charge in [-0.1, -0.05) is 0 Å². The number of rotatable bonds is 3. The summed E-state index contributed by atoms with van der Waals surface area (Å²) in [5.74, 6) is 2.32. The molecule has 5 nitrogen and oxygen atoms in total. The first-order valence-electron chi connectivity index (χ1n) is 5.71. The lowest BCUT2D eigenvalue weighted by Crippen LogP contribution is -2.16. The van der Waals surface area contributed by atoms with E-state index in [1.165, 1.54) is 0 Å². The Morgan fingerprint density at radius 3 is 2.76 bits per heavy atom. The summed E-state index contributed by atoms with van der Waals surface area (Å²) in [7, 11) is -2.79. The van der Waals surface area contributed by atoms with Crippen LogP contribution >= 0.6 is 0 Å². The van der Waals surface area contributed by atoms with Crippen LogP contribution in [0.15, 0.2) is 6.07 Å². The van der Waals surface area contributed by atoms with Crippen LogP contribution in [0.1, 0.15) is 17.9 Å². The van der Waals surface area contributed by atoms with E-state index in [1.54, 1.807) is 0 Å². The zero-order valence-corrected chi connectivity index (χ0v) is 10.9. The summed E-state index contributed by atoms with van der Waals surface area (Å²) in [6, 6.07) is 1.87. The minimum Gasteiger partial charge on any atom is -0.370 e. The Kier molecular flexibility index (Phi) is 3.33. The summed E-state index contributed by atoms with van der Waals surface area (Å²) in [6.07, 6.45) is 0.748. The average molecular weight is 255 g/mol. The van der Waals surface area contributed by atoms with Crippen LogP contribution < -0.4 is 5.32 Å². The van der Waals surface area contributed by atoms with Crippen LogP contribution in [0, 0.1) is 19.8 Å². The molecular formula is C11H17N3O2S. The van der Waals surface area contributed by atoms with Gasteiger partial charge in [0.05, 0.1) is 11.5 Å². The maximum Gasteiger partial charge on any atom is 0.150 e. The van der Waals surface area contributed by atoms with Gasteiger partial charge in [-0.25, -0.2) is 18.4 Å². The molecule has 2 rings (SSSR count). The van der Waals surface area contributed by atoms with Crippen LogP contribution in [0.25, 0.3) is 0 Å². The molecule has 0 radical (unpaired) electrons. The predicted molar refractivity (Wildman–Crippen MR) is 66.8 cm³/mol. The van der Waals surface area contributed by atoms with Crippen molar-refractivity contribution in [3.63, 3.8) is 0 Å². The highest BCUT2D eigenvalue weighted by atomic mass is 32.2. The second-order valence-electron chi connectivity index (χ2n) is 4.59. The van der Waals surface area contributed by atoms with Crippen LogP contribution in [0.4, 0.5) is 5.82 Å². The van der Waals surface area contributed by atoms with Gasteiger partial charge >= 0.3 is 0 Å². The second-order valence-corrected chi connectivity index (χ2v) is 6.82. The molecule has 0 aliphatic carbocycles. The Morgan fingerprint density at radius 2 is 2.18 bits per heavy atom. The van der Waals surface area contributed by atoms with E-state index in [1.807, 2.05) is 19.9 Å². The summed E-state index contributed by atoms with van der Waals surface area (Å²) in [6.45, 7) is 4.42. The highest BCUT2D eigenvalue weighted by molar-refractivity contribution is 7.91. The van der Waals surface area contributed by atoms with Crippen molar-refractivity contribution in [2.75, 3.05) is 23.4 Å². The SMILES string of the molecule is Cc1cc(NCC2CCS(=O)(=O)C2)nc(C)n1. The molecule has 17 heavy (non-hydrogen) atoms. The smallest absolute Gasteiger partial charge is 0.150 e. The van der Waals surface area contributed by atoms with E-state index in [0.29, 0.717) is 18.1 Å². The minimum atomic E-state index is -2.79. The number of aryl methyl sites for hydroxylation is 2. The number of hydrogen-bond donors (Lipinski definition) is 1. The molecule has 1 aliphatic heterocycles. The summed E-state index contributed by atoms with van der Waals surface area (Å²) >= 11 is 0. The number of aromatic nitrogens is 2. The van der Waals surface area contributed by atoms with Crippen molar-refractivity contribution in [2.45, 2.75) is 20.3 Å². The van der Waals surface area contributed by atoms with Gasteiger partial charge in [0.25, 0.3) is 0 Å². The quantitative estimate of drug-likeness (QED) is 0.870. The number of sulfone groups is 1. The molecule has 0 saturated carbocycles. The first-order chi connectivity index (χ1) is 7.94. The lowest BCUT2D eigenvalue weighted by molar-refractivity contribution is 0.595. The molecule has 2 heterocycles. The molecule has 0 amide bonds. The topological polar surface area (TPSA) is 72.0 Å². The van der Waals surface area contributed by atoms with E-state index in [0.717, 1.165) is 23.8 Å². The fourth-order valence-corrected chi connectivity index (χ4v) is 3.95. The van der Waals surface area contributed by atoms with E-state index < -0.39 is 9.84 Å². The van der Waals surface area contributed by atoms with E-state index in [9.17, 15) is 8.42 Å². The van der Waals surface area contributed by atoms with Crippen molar-refractivity contribution < 1.29 is 8.42 Å². The standard InChI is InChI=1S/C11H17N3O2S/c1-8-5-11(14-9(2)13-8)12-6-10-3-4-17(15,16)7-10/h5,10H,3-4,6-7H2,1-2H3,(H,12,13,14). The van der Waals surface area contributed by atoms with Crippen molar-refractivity contribution in [2.24, 2.45) is 5.92 Å². The monoisotopic (exact) mass is 255 g/mol. The molecule has 1 atom stereocenters. The predicted octanol–water partition coefficient (Wildman–Crippen LogP) is 0.940. The summed E-state index contributed by atoms with van der Waals surface area (Å²) in [5.41, 5.74) is 0.916. The van der Waals surface area contributed by atoms with Gasteiger partial charge in [0.15, 0.2) is 9.84 Å². The largest absolute Gasteiger partial charge is 0.370 e. The Labute approximate surface area is 102 Å². The van der Waals surface area contributed by atoms with Gasteiger partial charge in [-0.3, -0.25) is 0 Å². The molecule has 1 aromatic heterocycles. The number of anilines is 1. The highest BCUT2D eigenvalue weighted by Gasteiger charge is 2.27. The van der Waals surface area contributed by atoms with Crippen molar-refractivity contribution in [1.82, 2.24) is 9.97 Å². The summed E-state index contributed by atoms with van der Waals surface area (Å²) < 4.78 is 22.6. The summed E-state index contributed by atoms with van der Waals surface area (Å²) in [4.78, 5) is 8.45. The van der Waals surface area contributed by atoms with E-state index in [-0.39, 0.29) is 5.92 Å². The minimum absolute atomic E-state index is 0.204. The number of nitrogens with zero attached hydrogens (tertiary/aromatic N) is 2. The number of nitrogens with one attached hydrogen (secondary N) is 1. The molecule has 0 bridgehead atoms. The highest BCUT2D eigenvalue weighted by Crippen LogP contribution is 2.18. The van der Waals surface area contributed by atoms with Crippen LogP contribution in [0.3, 0.4) is 0 Å². The van der Waals surface area contributed by atoms with Gasteiger partial charge in [-0.15, -0.1) is 0 Å². The molecule has 1 aromatic rings. The normalized spacial score (nSPS) is 22.6. The fourth-order valence-electron chi connectivity index (χ4n) is 2.09. The Hall–Kier alpha value is -1.17. The van der Waals surface area contributed by atoms with E-state index in [4.69, 9.17) is 0 Å². The van der Waals surface area contributed by atoms with Gasteiger partial charge < -0.3 is 5.32 Å². The van der Waals surface area contributed by atoms with Crippen molar-refractivity contribution in [1.29, 1.82) is 0 Å². The maximum atomic E-state index is 11.3. The zero-order valence-electron chi connectivity index (χ0n) is 10.1. The third-order valence-electron chi connectivity index (χ3n) is 2.86. The molecule has 1 fully saturated rings. The molecule has 0 spiro atoms. The van der Waals surface area contributed by atoms with Gasteiger partial charge in [0.1, 0.15) is 11.6 Å². The lowest BCUT2D eigenvalue weighted by Gasteiger charge is -2.10. The van der Waals surface area contributed by atoms with Gasteiger partial charge in [-0.05, 0) is 26.2 Å².